The van der Waals surface area contributed by atoms with Crippen LogP contribution in [0.4, 0.5) is 0 Å². The van der Waals surface area contributed by atoms with E-state index in [-0.39, 0.29) is 10.8 Å². The molecule has 2 atom stereocenters. The van der Waals surface area contributed by atoms with E-state index in [0.29, 0.717) is 6.42 Å². The lowest BCUT2D eigenvalue weighted by atomic mass is 10.1. The van der Waals surface area contributed by atoms with Crippen molar-refractivity contribution in [3.63, 3.8) is 0 Å². The first-order chi connectivity index (χ1) is 10.0. The van der Waals surface area contributed by atoms with Crippen molar-refractivity contribution in [1.82, 2.24) is 4.72 Å². The second-order valence-electron chi connectivity index (χ2n) is 7.33. The third-order valence-electron chi connectivity index (χ3n) is 2.86. The van der Waals surface area contributed by atoms with E-state index in [4.69, 9.17) is 0 Å². The predicted molar refractivity (Wildman–Crippen MR) is 104 cm³/mol. The van der Waals surface area contributed by atoms with Crippen molar-refractivity contribution >= 4 is 35.0 Å². The summed E-state index contributed by atoms with van der Waals surface area (Å²) >= 11 is 3.59. The van der Waals surface area contributed by atoms with E-state index in [2.05, 4.69) is 57.8 Å². The van der Waals surface area contributed by atoms with E-state index in [1.165, 1.54) is 0 Å². The summed E-state index contributed by atoms with van der Waals surface area (Å²) < 4.78 is 16.4. The number of hydrogen-bond acceptors (Lipinski definition) is 1. The topological polar surface area (TPSA) is 29.1 Å². The minimum Gasteiger partial charge on any atom is -0.242 e. The molecule has 0 aromatic heterocycles. The summed E-state index contributed by atoms with van der Waals surface area (Å²) in [6, 6.07) is 8.01. The molecule has 0 aliphatic carbocycles. The number of nitrogens with one attached hydrogen (secondary N) is 1. The third-order valence-corrected chi connectivity index (χ3v) is 6.12. The highest BCUT2D eigenvalue weighted by molar-refractivity contribution is 9.10. The number of rotatable bonds is 4. The minimum atomic E-state index is -1.39. The molecule has 122 valence electrons. The molecule has 1 aromatic carbocycles. The van der Waals surface area contributed by atoms with Gasteiger partial charge in [-0.2, -0.15) is 0 Å². The predicted octanol–water partition coefficient (Wildman–Crippen LogP) is 4.81. The van der Waals surface area contributed by atoms with Gasteiger partial charge in [-0.15, -0.1) is 11.5 Å². The summed E-state index contributed by atoms with van der Waals surface area (Å²) in [7, 11) is -2.52. The zero-order chi connectivity index (χ0) is 17.0. The summed E-state index contributed by atoms with van der Waals surface area (Å²) in [4.78, 5) is 0. The smallest absolute Gasteiger partial charge is 0.129 e. The summed E-state index contributed by atoms with van der Waals surface area (Å²) in [5, 5.41) is 0. The van der Waals surface area contributed by atoms with Gasteiger partial charge >= 0.3 is 0 Å². The molecule has 0 aliphatic rings. The van der Waals surface area contributed by atoms with Crippen LogP contribution in [0.5, 0.6) is 0 Å². The summed E-state index contributed by atoms with van der Waals surface area (Å²) in [5.74, 6) is 3.30. The maximum Gasteiger partial charge on any atom is 0.129 e. The molecule has 0 heterocycles. The van der Waals surface area contributed by atoms with E-state index in [0.717, 1.165) is 10.0 Å². The van der Waals surface area contributed by atoms with Crippen molar-refractivity contribution in [2.24, 2.45) is 0 Å². The molecule has 0 saturated heterocycles. The van der Waals surface area contributed by atoms with Gasteiger partial charge in [0.05, 0.1) is 21.8 Å². The second kappa shape index (κ2) is 7.92. The molecular weight excluding hydrogens is 374 g/mol. The Kier molecular flexibility index (Phi) is 7.06. The highest BCUT2D eigenvalue weighted by Crippen LogP contribution is 2.27. The Hall–Kier alpha value is -0.413. The van der Waals surface area contributed by atoms with Gasteiger partial charge in [0.15, 0.2) is 0 Å². The fourth-order valence-electron chi connectivity index (χ4n) is 1.70. The Morgan fingerprint density at radius 3 is 2.36 bits per heavy atom. The van der Waals surface area contributed by atoms with Crippen LogP contribution in [0.2, 0.25) is 19.6 Å². The highest BCUT2D eigenvalue weighted by atomic mass is 79.9. The molecule has 1 rings (SSSR count). The van der Waals surface area contributed by atoms with Gasteiger partial charge in [-0.1, -0.05) is 53.8 Å². The Bertz CT molecular complexity index is 593. The third kappa shape index (κ3) is 6.78. The SMILES string of the molecule is CC(C)(C)[S@@](=O)N[C@@H](CC#C[Si](C)(C)C)c1ccccc1Br. The second-order valence-corrected chi connectivity index (χ2v) is 14.9. The Balaban J connectivity index is 3.03. The fourth-order valence-corrected chi connectivity index (χ4v) is 3.71. The summed E-state index contributed by atoms with van der Waals surface area (Å²) in [5.41, 5.74) is 4.49. The van der Waals surface area contributed by atoms with Crippen molar-refractivity contribution in [2.45, 2.75) is 57.6 Å². The van der Waals surface area contributed by atoms with Crippen LogP contribution in [0.1, 0.15) is 38.8 Å². The molecule has 5 heteroatoms. The molecular formula is C17H26BrNOSSi. The quantitative estimate of drug-likeness (QED) is 0.570. The lowest BCUT2D eigenvalue weighted by Gasteiger charge is -2.24. The van der Waals surface area contributed by atoms with E-state index < -0.39 is 19.1 Å². The van der Waals surface area contributed by atoms with Crippen LogP contribution in [0, 0.1) is 11.5 Å². The van der Waals surface area contributed by atoms with Gasteiger partial charge in [0.1, 0.15) is 8.07 Å². The van der Waals surface area contributed by atoms with Gasteiger partial charge in [-0.3, -0.25) is 0 Å². The van der Waals surface area contributed by atoms with Gasteiger partial charge in [0.25, 0.3) is 0 Å². The van der Waals surface area contributed by atoms with Crippen LogP contribution >= 0.6 is 15.9 Å². The number of hydrogen-bond donors (Lipinski definition) is 1. The molecule has 0 unspecified atom stereocenters. The van der Waals surface area contributed by atoms with E-state index in [9.17, 15) is 4.21 Å². The first kappa shape index (κ1) is 19.6. The molecule has 1 N–H and O–H groups in total. The largest absolute Gasteiger partial charge is 0.242 e. The lowest BCUT2D eigenvalue weighted by Crippen LogP contribution is -2.35. The van der Waals surface area contributed by atoms with Crippen LogP contribution in [-0.2, 0) is 11.0 Å². The minimum absolute atomic E-state index is 0.0421. The monoisotopic (exact) mass is 399 g/mol. The van der Waals surface area contributed by atoms with Crippen LogP contribution < -0.4 is 4.72 Å². The maximum absolute atomic E-state index is 12.5. The van der Waals surface area contributed by atoms with Crippen LogP contribution in [-0.4, -0.2) is 17.0 Å². The average molecular weight is 400 g/mol. The maximum atomic E-state index is 12.5. The number of halogens is 1. The molecule has 2 nitrogen and oxygen atoms in total. The average Bonchev–Trinajstić information content (AvgIpc) is 2.35. The van der Waals surface area contributed by atoms with Crippen molar-refractivity contribution in [1.29, 1.82) is 0 Å². The molecule has 0 fully saturated rings. The molecule has 22 heavy (non-hydrogen) atoms. The molecule has 0 radical (unpaired) electrons. The van der Waals surface area contributed by atoms with Crippen LogP contribution in [0.15, 0.2) is 28.7 Å². The molecule has 1 aromatic rings. The standard InChI is InChI=1S/C17H26BrNOSSi/c1-17(2,3)21(20)19-16(12-9-13-22(4,5)6)14-10-7-8-11-15(14)18/h7-8,10-11,16,19H,12H2,1-6H3/t16-,21+/m0/s1. The van der Waals surface area contributed by atoms with Gasteiger partial charge in [-0.25, -0.2) is 8.93 Å². The lowest BCUT2D eigenvalue weighted by molar-refractivity contribution is 0.604. The Labute approximate surface area is 147 Å². The first-order valence-corrected chi connectivity index (χ1v) is 12.9. The fraction of sp³-hybridized carbons (Fsp3) is 0.529. The van der Waals surface area contributed by atoms with Gasteiger partial charge in [-0.05, 0) is 32.4 Å². The van der Waals surface area contributed by atoms with Crippen molar-refractivity contribution in [3.8, 4) is 11.5 Å². The van der Waals surface area contributed by atoms with Gasteiger partial charge in [0, 0.05) is 10.9 Å². The molecule has 0 saturated carbocycles. The molecule has 0 bridgehead atoms. The molecule has 0 amide bonds. The summed E-state index contributed by atoms with van der Waals surface area (Å²) in [6.07, 6.45) is 0.661. The zero-order valence-electron chi connectivity index (χ0n) is 14.3. The van der Waals surface area contributed by atoms with E-state index in [1.807, 2.05) is 39.0 Å². The van der Waals surface area contributed by atoms with E-state index >= 15 is 0 Å². The first-order valence-electron chi connectivity index (χ1n) is 7.43. The van der Waals surface area contributed by atoms with Crippen molar-refractivity contribution in [3.05, 3.63) is 34.3 Å². The Morgan fingerprint density at radius 2 is 1.86 bits per heavy atom. The summed E-state index contributed by atoms with van der Waals surface area (Å²) in [6.45, 7) is 12.6. The number of benzene rings is 1. The van der Waals surface area contributed by atoms with Gasteiger partial charge in [0.2, 0.25) is 0 Å². The zero-order valence-corrected chi connectivity index (χ0v) is 17.7. The van der Waals surface area contributed by atoms with Gasteiger partial charge < -0.3 is 0 Å². The molecule has 0 aliphatic heterocycles. The van der Waals surface area contributed by atoms with Crippen LogP contribution in [0.3, 0.4) is 0 Å². The van der Waals surface area contributed by atoms with Crippen molar-refractivity contribution in [2.75, 3.05) is 0 Å². The highest BCUT2D eigenvalue weighted by Gasteiger charge is 2.24. The van der Waals surface area contributed by atoms with E-state index in [1.54, 1.807) is 0 Å². The molecule has 0 spiro atoms. The van der Waals surface area contributed by atoms with Crippen LogP contribution in [0.25, 0.3) is 0 Å². The Morgan fingerprint density at radius 1 is 1.27 bits per heavy atom. The van der Waals surface area contributed by atoms with Crippen molar-refractivity contribution < 1.29 is 4.21 Å². The normalized spacial score (nSPS) is 14.9.